The van der Waals surface area contributed by atoms with Crippen LogP contribution >= 0.6 is 0 Å². The Hall–Kier alpha value is -1.13. The topological polar surface area (TPSA) is 35.5 Å². The largest absolute Gasteiger partial charge is 0.473 e. The van der Waals surface area contributed by atoms with Crippen molar-refractivity contribution in [2.45, 2.75) is 44.7 Å². The molecule has 0 N–H and O–H groups in total. The minimum Gasteiger partial charge on any atom is -0.403 e. The Morgan fingerprint density at radius 3 is 2.00 bits per heavy atom. The Balaban J connectivity index is 2.25. The van der Waals surface area contributed by atoms with Gasteiger partial charge in [-0.05, 0) is 33.3 Å². The normalized spacial score (nSPS) is 22.8. The van der Waals surface area contributed by atoms with E-state index in [1.807, 2.05) is 58.0 Å². The zero-order chi connectivity index (χ0) is 13.4. The van der Waals surface area contributed by atoms with E-state index in [2.05, 4.69) is 0 Å². The first-order valence-corrected chi connectivity index (χ1v) is 6.23. The minimum absolute atomic E-state index is 0.382. The van der Waals surface area contributed by atoms with Crippen LogP contribution in [-0.4, -0.2) is 24.6 Å². The first-order valence-electron chi connectivity index (χ1n) is 6.23. The van der Waals surface area contributed by atoms with Crippen molar-refractivity contribution in [2.24, 2.45) is 0 Å². The van der Waals surface area contributed by atoms with Crippen molar-refractivity contribution >= 4 is 13.4 Å². The van der Waals surface area contributed by atoms with Crippen molar-refractivity contribution in [1.82, 2.24) is 0 Å². The van der Waals surface area contributed by atoms with Crippen LogP contribution in [0.2, 0.25) is 0 Å². The SMILES string of the molecule is CC1(C)OB(C(C=O)c2ccccc2)OC1(C)C. The molecule has 0 saturated carbocycles. The van der Waals surface area contributed by atoms with E-state index in [-0.39, 0.29) is 5.82 Å². The molecular formula is C14H19BO3. The highest BCUT2D eigenvalue weighted by atomic mass is 16.7. The Morgan fingerprint density at radius 1 is 1.06 bits per heavy atom. The third kappa shape index (κ3) is 2.23. The Kier molecular flexibility index (Phi) is 3.34. The van der Waals surface area contributed by atoms with Crippen LogP contribution in [0.25, 0.3) is 0 Å². The summed E-state index contributed by atoms with van der Waals surface area (Å²) in [6.45, 7) is 7.94. The first-order chi connectivity index (χ1) is 8.37. The molecule has 4 heteroatoms. The van der Waals surface area contributed by atoms with Crippen LogP contribution in [0.3, 0.4) is 0 Å². The van der Waals surface area contributed by atoms with Gasteiger partial charge in [-0.15, -0.1) is 0 Å². The van der Waals surface area contributed by atoms with Gasteiger partial charge in [-0.2, -0.15) is 0 Å². The van der Waals surface area contributed by atoms with Gasteiger partial charge in [0.15, 0.2) is 0 Å². The Morgan fingerprint density at radius 2 is 1.56 bits per heavy atom. The molecule has 18 heavy (non-hydrogen) atoms. The van der Waals surface area contributed by atoms with E-state index >= 15 is 0 Å². The summed E-state index contributed by atoms with van der Waals surface area (Å²) in [7, 11) is -0.519. The maximum atomic E-state index is 11.4. The van der Waals surface area contributed by atoms with Crippen LogP contribution in [-0.2, 0) is 14.1 Å². The summed E-state index contributed by atoms with van der Waals surface area (Å²) >= 11 is 0. The summed E-state index contributed by atoms with van der Waals surface area (Å²) in [5, 5.41) is 0. The third-order valence-corrected chi connectivity index (χ3v) is 3.90. The fourth-order valence-corrected chi connectivity index (χ4v) is 2.01. The fourth-order valence-electron chi connectivity index (χ4n) is 2.01. The predicted molar refractivity (Wildman–Crippen MR) is 71.3 cm³/mol. The summed E-state index contributed by atoms with van der Waals surface area (Å²) in [6.07, 6.45) is 0.900. The monoisotopic (exact) mass is 246 g/mol. The summed E-state index contributed by atoms with van der Waals surface area (Å²) in [4.78, 5) is 11.4. The molecule has 1 aromatic rings. The van der Waals surface area contributed by atoms with Gasteiger partial charge in [-0.25, -0.2) is 0 Å². The van der Waals surface area contributed by atoms with E-state index in [0.717, 1.165) is 11.8 Å². The quantitative estimate of drug-likeness (QED) is 0.607. The van der Waals surface area contributed by atoms with Gasteiger partial charge in [-0.3, -0.25) is 0 Å². The van der Waals surface area contributed by atoms with Gasteiger partial charge in [0.1, 0.15) is 6.29 Å². The van der Waals surface area contributed by atoms with Gasteiger partial charge >= 0.3 is 7.12 Å². The lowest BCUT2D eigenvalue weighted by molar-refractivity contribution is -0.108. The van der Waals surface area contributed by atoms with Gasteiger partial charge in [-0.1, -0.05) is 30.3 Å². The molecule has 2 rings (SSSR count). The first kappa shape index (κ1) is 13.3. The molecule has 0 bridgehead atoms. The Bertz CT molecular complexity index is 412. The average molecular weight is 246 g/mol. The summed E-state index contributed by atoms with van der Waals surface area (Å²) in [5.74, 6) is -0.382. The average Bonchev–Trinajstić information content (AvgIpc) is 2.50. The highest BCUT2D eigenvalue weighted by molar-refractivity contribution is 6.51. The van der Waals surface area contributed by atoms with Crippen molar-refractivity contribution in [3.8, 4) is 0 Å². The van der Waals surface area contributed by atoms with Crippen LogP contribution in [0, 0.1) is 0 Å². The van der Waals surface area contributed by atoms with Gasteiger partial charge in [0.25, 0.3) is 0 Å². The molecule has 0 aliphatic carbocycles. The second-order valence-corrected chi connectivity index (χ2v) is 5.70. The molecule has 1 atom stereocenters. The number of carbonyl (C=O) groups is 1. The molecule has 3 nitrogen and oxygen atoms in total. The lowest BCUT2D eigenvalue weighted by Crippen LogP contribution is -2.41. The summed E-state index contributed by atoms with van der Waals surface area (Å²) in [6, 6.07) is 9.60. The van der Waals surface area contributed by atoms with E-state index in [0.29, 0.717) is 0 Å². The molecule has 1 aliphatic rings. The summed E-state index contributed by atoms with van der Waals surface area (Å²) in [5.41, 5.74) is 0.104. The second-order valence-electron chi connectivity index (χ2n) is 5.70. The minimum atomic E-state index is -0.519. The van der Waals surface area contributed by atoms with Crippen molar-refractivity contribution in [3.05, 3.63) is 35.9 Å². The molecule has 0 radical (unpaired) electrons. The molecule has 1 aliphatic heterocycles. The zero-order valence-electron chi connectivity index (χ0n) is 11.3. The molecule has 1 fully saturated rings. The smallest absolute Gasteiger partial charge is 0.403 e. The van der Waals surface area contributed by atoms with Crippen LogP contribution in [0.4, 0.5) is 0 Å². The molecule has 1 aromatic carbocycles. The molecule has 0 spiro atoms. The van der Waals surface area contributed by atoms with Gasteiger partial charge in [0, 0.05) is 0 Å². The van der Waals surface area contributed by atoms with Crippen molar-refractivity contribution in [1.29, 1.82) is 0 Å². The number of aldehydes is 1. The zero-order valence-corrected chi connectivity index (χ0v) is 11.3. The van der Waals surface area contributed by atoms with Crippen LogP contribution in [0.1, 0.15) is 39.1 Å². The van der Waals surface area contributed by atoms with Crippen LogP contribution in [0.15, 0.2) is 30.3 Å². The highest BCUT2D eigenvalue weighted by Crippen LogP contribution is 2.40. The van der Waals surface area contributed by atoms with Crippen molar-refractivity contribution in [3.63, 3.8) is 0 Å². The van der Waals surface area contributed by atoms with Gasteiger partial charge in [0.05, 0.1) is 17.0 Å². The molecular weight excluding hydrogens is 227 g/mol. The van der Waals surface area contributed by atoms with Gasteiger partial charge in [0.2, 0.25) is 0 Å². The van der Waals surface area contributed by atoms with Gasteiger partial charge < -0.3 is 14.1 Å². The number of hydrogen-bond acceptors (Lipinski definition) is 3. The molecule has 0 aromatic heterocycles. The van der Waals surface area contributed by atoms with E-state index in [1.165, 1.54) is 0 Å². The molecule has 1 saturated heterocycles. The lowest BCUT2D eigenvalue weighted by atomic mass is 9.69. The maximum absolute atomic E-state index is 11.4. The molecule has 96 valence electrons. The van der Waals surface area contributed by atoms with E-state index in [1.54, 1.807) is 0 Å². The standard InChI is InChI=1S/C14H19BO3/c1-13(2)14(3,4)18-15(17-13)12(10-16)11-8-6-5-7-9-11/h5-10,12H,1-4H3. The number of carbonyl (C=O) groups excluding carboxylic acids is 1. The van der Waals surface area contributed by atoms with E-state index < -0.39 is 18.3 Å². The number of rotatable bonds is 3. The second kappa shape index (κ2) is 4.52. The number of hydrogen-bond donors (Lipinski definition) is 0. The van der Waals surface area contributed by atoms with Crippen LogP contribution in [0.5, 0.6) is 0 Å². The highest BCUT2D eigenvalue weighted by Gasteiger charge is 2.54. The van der Waals surface area contributed by atoms with Crippen molar-refractivity contribution < 1.29 is 14.1 Å². The maximum Gasteiger partial charge on any atom is 0.473 e. The van der Waals surface area contributed by atoms with E-state index in [4.69, 9.17) is 9.31 Å². The Labute approximate surface area is 109 Å². The number of benzene rings is 1. The molecule has 1 unspecified atom stereocenters. The molecule has 1 heterocycles. The fraction of sp³-hybridized carbons (Fsp3) is 0.500. The summed E-state index contributed by atoms with van der Waals surface area (Å²) < 4.78 is 11.8. The lowest BCUT2D eigenvalue weighted by Gasteiger charge is -2.32. The third-order valence-electron chi connectivity index (χ3n) is 3.90. The molecule has 0 amide bonds. The van der Waals surface area contributed by atoms with E-state index in [9.17, 15) is 4.79 Å². The predicted octanol–water partition coefficient (Wildman–Crippen LogP) is 2.60. The van der Waals surface area contributed by atoms with Crippen molar-refractivity contribution in [2.75, 3.05) is 0 Å². The van der Waals surface area contributed by atoms with Crippen LogP contribution < -0.4 is 0 Å².